The van der Waals surface area contributed by atoms with E-state index in [9.17, 15) is 25.0 Å². The lowest BCUT2D eigenvalue weighted by molar-refractivity contribution is -0.396. The molecule has 1 aromatic carbocycles. The van der Waals surface area contributed by atoms with Crippen molar-refractivity contribution in [1.82, 2.24) is 0 Å². The zero-order valence-electron chi connectivity index (χ0n) is 9.45. The molecular formula is C9H7BrN2O7. The van der Waals surface area contributed by atoms with Crippen molar-refractivity contribution in [2.24, 2.45) is 0 Å². The molecular weight excluding hydrogens is 328 g/mol. The first-order valence-electron chi connectivity index (χ1n) is 4.69. The number of nitro groups is 2. The molecule has 0 bridgehead atoms. The second kappa shape index (κ2) is 5.61. The van der Waals surface area contributed by atoms with Gasteiger partial charge in [-0.2, -0.15) is 0 Å². The van der Waals surface area contributed by atoms with Gasteiger partial charge in [0.05, 0.1) is 23.4 Å². The molecule has 0 unspecified atom stereocenters. The monoisotopic (exact) mass is 334 g/mol. The highest BCUT2D eigenvalue weighted by Crippen LogP contribution is 2.44. The van der Waals surface area contributed by atoms with E-state index < -0.39 is 39.4 Å². The number of aliphatic carboxylic acids is 1. The lowest BCUT2D eigenvalue weighted by Gasteiger charge is -2.08. The van der Waals surface area contributed by atoms with Gasteiger partial charge in [-0.05, 0) is 21.5 Å². The predicted molar refractivity (Wildman–Crippen MR) is 65.3 cm³/mol. The molecule has 0 saturated heterocycles. The normalized spacial score (nSPS) is 10.0. The van der Waals surface area contributed by atoms with Crippen LogP contribution in [0.15, 0.2) is 10.5 Å². The molecule has 0 aliphatic heterocycles. The Bertz CT molecular complexity index is 572. The van der Waals surface area contributed by atoms with Crippen molar-refractivity contribution in [2.75, 3.05) is 7.11 Å². The van der Waals surface area contributed by atoms with Crippen molar-refractivity contribution in [1.29, 1.82) is 0 Å². The minimum Gasteiger partial charge on any atom is -0.485 e. The number of nitrogens with zero attached hydrogens (tertiary/aromatic N) is 2. The summed E-state index contributed by atoms with van der Waals surface area (Å²) >= 11 is 2.88. The number of rotatable bonds is 5. The standard InChI is InChI=1S/C9H7BrN2O7/c1-19-9-5(11(15)16)2-4(3-6(13)14)7(10)8(9)12(17)18/h2H,3H2,1H3,(H,13,14). The molecule has 1 aromatic rings. The van der Waals surface area contributed by atoms with Crippen molar-refractivity contribution in [2.45, 2.75) is 6.42 Å². The molecule has 1 rings (SSSR count). The van der Waals surface area contributed by atoms with Crippen LogP contribution in [0.25, 0.3) is 0 Å². The first kappa shape index (κ1) is 14.8. The van der Waals surface area contributed by atoms with Gasteiger partial charge < -0.3 is 9.84 Å². The average molecular weight is 335 g/mol. The molecule has 10 heteroatoms. The number of nitro benzene ring substituents is 2. The van der Waals surface area contributed by atoms with Crippen molar-refractivity contribution in [3.05, 3.63) is 36.3 Å². The summed E-state index contributed by atoms with van der Waals surface area (Å²) in [5.41, 5.74) is -1.41. The largest absolute Gasteiger partial charge is 0.485 e. The van der Waals surface area contributed by atoms with E-state index in [2.05, 4.69) is 20.7 Å². The van der Waals surface area contributed by atoms with E-state index >= 15 is 0 Å². The second-order valence-electron chi connectivity index (χ2n) is 3.34. The molecule has 1 N–H and O–H groups in total. The van der Waals surface area contributed by atoms with E-state index in [1.165, 1.54) is 0 Å². The maximum absolute atomic E-state index is 10.9. The van der Waals surface area contributed by atoms with Gasteiger partial charge in [0.25, 0.3) is 5.75 Å². The van der Waals surface area contributed by atoms with Crippen LogP contribution in [0.3, 0.4) is 0 Å². The minimum atomic E-state index is -1.27. The van der Waals surface area contributed by atoms with Crippen LogP contribution >= 0.6 is 15.9 Å². The highest BCUT2D eigenvalue weighted by atomic mass is 79.9. The van der Waals surface area contributed by atoms with Crippen molar-refractivity contribution in [3.8, 4) is 5.75 Å². The molecule has 0 heterocycles. The molecule has 19 heavy (non-hydrogen) atoms. The Morgan fingerprint density at radius 3 is 2.37 bits per heavy atom. The van der Waals surface area contributed by atoms with Crippen LogP contribution in [0, 0.1) is 20.2 Å². The third-order valence-electron chi connectivity index (χ3n) is 2.17. The number of carbonyl (C=O) groups is 1. The van der Waals surface area contributed by atoms with E-state index in [0.29, 0.717) is 0 Å². The first-order chi connectivity index (χ1) is 8.79. The number of hydrogen-bond donors (Lipinski definition) is 1. The maximum Gasteiger partial charge on any atom is 0.332 e. The highest BCUT2D eigenvalue weighted by Gasteiger charge is 2.32. The van der Waals surface area contributed by atoms with E-state index in [1.807, 2.05) is 0 Å². The number of carboxylic acids is 1. The smallest absolute Gasteiger partial charge is 0.332 e. The molecule has 0 saturated carbocycles. The first-order valence-corrected chi connectivity index (χ1v) is 5.48. The van der Waals surface area contributed by atoms with Gasteiger partial charge in [0.2, 0.25) is 0 Å². The molecule has 0 amide bonds. The lowest BCUT2D eigenvalue weighted by Crippen LogP contribution is -2.06. The molecule has 0 aromatic heterocycles. The van der Waals surface area contributed by atoms with E-state index in [1.54, 1.807) is 0 Å². The van der Waals surface area contributed by atoms with Gasteiger partial charge in [0.15, 0.2) is 0 Å². The zero-order valence-corrected chi connectivity index (χ0v) is 11.0. The molecule has 102 valence electrons. The summed E-state index contributed by atoms with van der Waals surface area (Å²) in [6, 6.07) is 0.935. The third-order valence-corrected chi connectivity index (χ3v) is 3.06. The summed E-state index contributed by atoms with van der Waals surface area (Å²) in [7, 11) is 1.05. The lowest BCUT2D eigenvalue weighted by atomic mass is 10.1. The van der Waals surface area contributed by atoms with Crippen LogP contribution in [-0.2, 0) is 11.2 Å². The summed E-state index contributed by atoms with van der Waals surface area (Å²) < 4.78 is 4.53. The number of benzene rings is 1. The van der Waals surface area contributed by atoms with Crippen LogP contribution in [-0.4, -0.2) is 28.0 Å². The number of methoxy groups -OCH3 is 1. The minimum absolute atomic E-state index is 0.0771. The van der Waals surface area contributed by atoms with Gasteiger partial charge >= 0.3 is 17.3 Å². The van der Waals surface area contributed by atoms with E-state index in [4.69, 9.17) is 5.11 Å². The number of ether oxygens (including phenoxy) is 1. The van der Waals surface area contributed by atoms with Crippen molar-refractivity contribution < 1.29 is 24.5 Å². The summed E-state index contributed by atoms with van der Waals surface area (Å²) in [6.45, 7) is 0. The maximum atomic E-state index is 10.9. The highest BCUT2D eigenvalue weighted by molar-refractivity contribution is 9.10. The van der Waals surface area contributed by atoms with Crippen LogP contribution in [0.5, 0.6) is 5.75 Å². The summed E-state index contributed by atoms with van der Waals surface area (Å²) in [4.78, 5) is 30.7. The van der Waals surface area contributed by atoms with Gasteiger partial charge in [-0.15, -0.1) is 0 Å². The van der Waals surface area contributed by atoms with Gasteiger partial charge in [0.1, 0.15) is 4.47 Å². The van der Waals surface area contributed by atoms with Crippen LogP contribution in [0.1, 0.15) is 5.56 Å². The topological polar surface area (TPSA) is 133 Å². The quantitative estimate of drug-likeness (QED) is 0.641. The molecule has 0 spiro atoms. The number of carboxylic acid groups (broad SMARTS) is 1. The van der Waals surface area contributed by atoms with Gasteiger partial charge in [-0.1, -0.05) is 0 Å². The van der Waals surface area contributed by atoms with Crippen molar-refractivity contribution >= 4 is 33.3 Å². The fourth-order valence-corrected chi connectivity index (χ4v) is 2.04. The molecule has 9 nitrogen and oxygen atoms in total. The Hall–Kier alpha value is -2.23. The Morgan fingerprint density at radius 2 is 2.00 bits per heavy atom. The van der Waals surface area contributed by atoms with E-state index in [-0.39, 0.29) is 10.0 Å². The Morgan fingerprint density at radius 1 is 1.42 bits per heavy atom. The second-order valence-corrected chi connectivity index (χ2v) is 4.13. The Balaban J connectivity index is 3.67. The van der Waals surface area contributed by atoms with Crippen LogP contribution < -0.4 is 4.74 Å². The fraction of sp³-hybridized carbons (Fsp3) is 0.222. The fourth-order valence-electron chi connectivity index (χ4n) is 1.46. The zero-order chi connectivity index (χ0) is 14.7. The van der Waals surface area contributed by atoms with Crippen LogP contribution in [0.2, 0.25) is 0 Å². The van der Waals surface area contributed by atoms with Crippen molar-refractivity contribution in [3.63, 3.8) is 0 Å². The summed E-state index contributed by atoms with van der Waals surface area (Å²) in [5.74, 6) is -1.80. The summed E-state index contributed by atoms with van der Waals surface area (Å²) in [6.07, 6.45) is -0.591. The van der Waals surface area contributed by atoms with Crippen LogP contribution in [0.4, 0.5) is 11.4 Å². The molecule has 0 fully saturated rings. The van der Waals surface area contributed by atoms with Gasteiger partial charge in [-0.3, -0.25) is 25.0 Å². The molecule has 0 aliphatic carbocycles. The van der Waals surface area contributed by atoms with E-state index in [0.717, 1.165) is 13.2 Å². The molecule has 0 radical (unpaired) electrons. The third kappa shape index (κ3) is 2.96. The van der Waals surface area contributed by atoms with Gasteiger partial charge in [0, 0.05) is 6.07 Å². The number of hydrogen-bond acceptors (Lipinski definition) is 6. The SMILES string of the molecule is COc1c([N+](=O)[O-])cc(CC(=O)O)c(Br)c1[N+](=O)[O-]. The average Bonchev–Trinajstić information content (AvgIpc) is 2.29. The molecule has 0 aliphatic rings. The number of halogens is 1. The summed E-state index contributed by atoms with van der Waals surface area (Å²) in [5, 5.41) is 30.5. The Labute approximate surface area is 114 Å². The van der Waals surface area contributed by atoms with Gasteiger partial charge in [-0.25, -0.2) is 0 Å². The predicted octanol–water partition coefficient (Wildman–Crippen LogP) is 1.90. The molecule has 0 atom stereocenters. The Kier molecular flexibility index (Phi) is 4.38.